The van der Waals surface area contributed by atoms with Gasteiger partial charge in [0, 0.05) is 6.04 Å². The Morgan fingerprint density at radius 3 is 2.37 bits per heavy atom. The smallest absolute Gasteiger partial charge is 0.259 e. The van der Waals surface area contributed by atoms with Crippen LogP contribution < -0.4 is 20.5 Å². The number of ether oxygens (including phenoxy) is 2. The molecule has 0 fully saturated rings. The number of methoxy groups -OCH3 is 2. The van der Waals surface area contributed by atoms with Gasteiger partial charge in [-0.1, -0.05) is 6.07 Å². The first kappa shape index (κ1) is 15.3. The fourth-order valence-electron chi connectivity index (χ4n) is 1.87. The zero-order valence-corrected chi connectivity index (χ0v) is 11.7. The predicted octanol–water partition coefficient (Wildman–Crippen LogP) is 1.56. The molecule has 106 valence electrons. The summed E-state index contributed by atoms with van der Waals surface area (Å²) >= 11 is 0. The molecule has 5 heteroatoms. The van der Waals surface area contributed by atoms with Crippen molar-refractivity contribution >= 4 is 5.91 Å². The molecular weight excluding hydrogens is 244 g/mol. The molecule has 1 aromatic carbocycles. The van der Waals surface area contributed by atoms with Gasteiger partial charge in [0.15, 0.2) is 0 Å². The molecule has 0 saturated heterocycles. The number of hydrogen-bond donors (Lipinski definition) is 2. The molecule has 0 spiro atoms. The molecule has 19 heavy (non-hydrogen) atoms. The Kier molecular flexibility index (Phi) is 6.15. The first-order valence-corrected chi connectivity index (χ1v) is 6.36. The Morgan fingerprint density at radius 2 is 1.89 bits per heavy atom. The summed E-state index contributed by atoms with van der Waals surface area (Å²) in [6.45, 7) is 2.58. The van der Waals surface area contributed by atoms with Crippen molar-refractivity contribution in [1.82, 2.24) is 5.32 Å². The van der Waals surface area contributed by atoms with Crippen molar-refractivity contribution in [2.24, 2.45) is 5.73 Å². The number of amides is 1. The average Bonchev–Trinajstić information content (AvgIpc) is 2.43. The molecule has 0 aromatic heterocycles. The van der Waals surface area contributed by atoms with E-state index in [1.807, 2.05) is 6.92 Å². The minimum absolute atomic E-state index is 0.0608. The first-order valence-electron chi connectivity index (χ1n) is 6.36. The van der Waals surface area contributed by atoms with E-state index in [0.717, 1.165) is 12.8 Å². The number of carbonyl (C=O) groups is 1. The molecule has 0 aliphatic rings. The van der Waals surface area contributed by atoms with Gasteiger partial charge in [0.05, 0.1) is 14.2 Å². The molecule has 0 aliphatic carbocycles. The highest BCUT2D eigenvalue weighted by Crippen LogP contribution is 2.28. The van der Waals surface area contributed by atoms with Crippen LogP contribution in [0.15, 0.2) is 18.2 Å². The maximum absolute atomic E-state index is 12.3. The Balaban J connectivity index is 2.86. The molecule has 0 aliphatic heterocycles. The van der Waals surface area contributed by atoms with Crippen molar-refractivity contribution in [1.29, 1.82) is 0 Å². The van der Waals surface area contributed by atoms with Crippen molar-refractivity contribution in [3.63, 3.8) is 0 Å². The van der Waals surface area contributed by atoms with Crippen LogP contribution in [0.5, 0.6) is 11.5 Å². The molecule has 1 unspecified atom stereocenters. The second-order valence-electron chi connectivity index (χ2n) is 4.34. The van der Waals surface area contributed by atoms with E-state index in [2.05, 4.69) is 5.32 Å². The van der Waals surface area contributed by atoms with Crippen molar-refractivity contribution in [3.05, 3.63) is 23.8 Å². The fraction of sp³-hybridized carbons (Fsp3) is 0.500. The van der Waals surface area contributed by atoms with E-state index in [0.29, 0.717) is 23.6 Å². The Bertz CT molecular complexity index is 399. The summed E-state index contributed by atoms with van der Waals surface area (Å²) in [4.78, 5) is 12.3. The van der Waals surface area contributed by atoms with Crippen molar-refractivity contribution in [2.75, 3.05) is 20.8 Å². The molecule has 1 rings (SSSR count). The zero-order valence-electron chi connectivity index (χ0n) is 11.7. The molecule has 0 heterocycles. The summed E-state index contributed by atoms with van der Waals surface area (Å²) in [6, 6.07) is 5.32. The van der Waals surface area contributed by atoms with Crippen LogP contribution in [-0.2, 0) is 0 Å². The van der Waals surface area contributed by atoms with E-state index in [9.17, 15) is 4.79 Å². The Hall–Kier alpha value is -1.75. The second kappa shape index (κ2) is 7.63. The first-order chi connectivity index (χ1) is 9.13. The summed E-state index contributed by atoms with van der Waals surface area (Å²) in [6.07, 6.45) is 1.73. The number of carbonyl (C=O) groups excluding carboxylic acids is 1. The quantitative estimate of drug-likeness (QED) is 0.785. The molecule has 5 nitrogen and oxygen atoms in total. The van der Waals surface area contributed by atoms with Gasteiger partial charge in [-0.05, 0) is 38.4 Å². The normalized spacial score (nSPS) is 11.8. The van der Waals surface area contributed by atoms with Crippen molar-refractivity contribution in [2.45, 2.75) is 25.8 Å². The van der Waals surface area contributed by atoms with Gasteiger partial charge < -0.3 is 20.5 Å². The van der Waals surface area contributed by atoms with Crippen LogP contribution in [-0.4, -0.2) is 32.7 Å². The fourth-order valence-corrected chi connectivity index (χ4v) is 1.87. The van der Waals surface area contributed by atoms with Gasteiger partial charge in [-0.3, -0.25) is 4.79 Å². The van der Waals surface area contributed by atoms with Gasteiger partial charge in [-0.15, -0.1) is 0 Å². The number of hydrogen-bond acceptors (Lipinski definition) is 4. The monoisotopic (exact) mass is 266 g/mol. The second-order valence-corrected chi connectivity index (χ2v) is 4.34. The summed E-state index contributed by atoms with van der Waals surface area (Å²) < 4.78 is 10.4. The largest absolute Gasteiger partial charge is 0.496 e. The number of nitrogens with two attached hydrogens (primary N) is 1. The molecule has 1 atom stereocenters. The zero-order chi connectivity index (χ0) is 14.3. The van der Waals surface area contributed by atoms with Crippen molar-refractivity contribution < 1.29 is 14.3 Å². The van der Waals surface area contributed by atoms with Crippen LogP contribution in [0, 0.1) is 0 Å². The lowest BCUT2D eigenvalue weighted by Crippen LogP contribution is -2.33. The van der Waals surface area contributed by atoms with E-state index in [1.54, 1.807) is 18.2 Å². The highest BCUT2D eigenvalue weighted by atomic mass is 16.5. The highest BCUT2D eigenvalue weighted by Gasteiger charge is 2.19. The van der Waals surface area contributed by atoms with Crippen LogP contribution in [0.3, 0.4) is 0 Å². The predicted molar refractivity (Wildman–Crippen MR) is 74.8 cm³/mol. The lowest BCUT2D eigenvalue weighted by molar-refractivity contribution is 0.0932. The third-order valence-electron chi connectivity index (χ3n) is 2.87. The number of nitrogens with one attached hydrogen (secondary N) is 1. The molecule has 0 bridgehead atoms. The molecule has 1 amide bonds. The van der Waals surface area contributed by atoms with Gasteiger partial charge in [0.25, 0.3) is 5.91 Å². The van der Waals surface area contributed by atoms with E-state index in [-0.39, 0.29) is 11.9 Å². The minimum Gasteiger partial charge on any atom is -0.496 e. The van der Waals surface area contributed by atoms with Gasteiger partial charge in [-0.25, -0.2) is 0 Å². The Labute approximate surface area is 114 Å². The van der Waals surface area contributed by atoms with Crippen molar-refractivity contribution in [3.8, 4) is 11.5 Å². The molecular formula is C14H22N2O3. The topological polar surface area (TPSA) is 73.6 Å². The third-order valence-corrected chi connectivity index (χ3v) is 2.87. The van der Waals surface area contributed by atoms with Crippen LogP contribution in [0.1, 0.15) is 30.1 Å². The summed E-state index contributed by atoms with van der Waals surface area (Å²) in [5.74, 6) is 0.810. The van der Waals surface area contributed by atoms with Gasteiger partial charge in [-0.2, -0.15) is 0 Å². The molecule has 3 N–H and O–H groups in total. The van der Waals surface area contributed by atoms with Crippen LogP contribution in [0.4, 0.5) is 0 Å². The van der Waals surface area contributed by atoms with Gasteiger partial charge in [0.2, 0.25) is 0 Å². The molecule has 0 radical (unpaired) electrons. The van der Waals surface area contributed by atoms with Crippen LogP contribution in [0.25, 0.3) is 0 Å². The lowest BCUT2D eigenvalue weighted by Gasteiger charge is -2.16. The maximum Gasteiger partial charge on any atom is 0.259 e. The van der Waals surface area contributed by atoms with Gasteiger partial charge in [0.1, 0.15) is 17.1 Å². The molecule has 1 aromatic rings. The van der Waals surface area contributed by atoms with Gasteiger partial charge >= 0.3 is 0 Å². The Morgan fingerprint density at radius 1 is 1.32 bits per heavy atom. The van der Waals surface area contributed by atoms with E-state index in [4.69, 9.17) is 15.2 Å². The van der Waals surface area contributed by atoms with E-state index < -0.39 is 0 Å². The number of rotatable bonds is 7. The minimum atomic E-state index is -0.196. The number of benzene rings is 1. The highest BCUT2D eigenvalue weighted by molar-refractivity contribution is 5.99. The maximum atomic E-state index is 12.3. The summed E-state index contributed by atoms with van der Waals surface area (Å²) in [7, 11) is 3.06. The van der Waals surface area contributed by atoms with Crippen LogP contribution >= 0.6 is 0 Å². The summed E-state index contributed by atoms with van der Waals surface area (Å²) in [5.41, 5.74) is 5.88. The standard InChI is InChI=1S/C14H22N2O3/c1-10(6-5-9-15)16-14(17)13-11(18-2)7-4-8-12(13)19-3/h4,7-8,10H,5-6,9,15H2,1-3H3,(H,16,17). The van der Waals surface area contributed by atoms with E-state index >= 15 is 0 Å². The average molecular weight is 266 g/mol. The summed E-state index contributed by atoms with van der Waals surface area (Å²) in [5, 5.41) is 2.93. The SMILES string of the molecule is COc1cccc(OC)c1C(=O)NC(C)CCCN. The van der Waals surface area contributed by atoms with Crippen LogP contribution in [0.2, 0.25) is 0 Å². The molecule has 0 saturated carbocycles. The van der Waals surface area contributed by atoms with E-state index in [1.165, 1.54) is 14.2 Å². The third kappa shape index (κ3) is 4.13. The lowest BCUT2D eigenvalue weighted by atomic mass is 10.1.